The normalized spacial score (nSPS) is 24.3. The molecule has 2 N–H and O–H groups in total. The summed E-state index contributed by atoms with van der Waals surface area (Å²) in [6.07, 6.45) is -3.88. The Kier molecular flexibility index (Phi) is 2.75. The number of ether oxygens (including phenoxy) is 1. The van der Waals surface area contributed by atoms with Crippen molar-refractivity contribution in [3.05, 3.63) is 28.8 Å². The summed E-state index contributed by atoms with van der Waals surface area (Å²) in [6, 6.07) is 4.34. The van der Waals surface area contributed by atoms with E-state index < -0.39 is 6.36 Å². The van der Waals surface area contributed by atoms with Crippen LogP contribution in [0.4, 0.5) is 13.2 Å². The molecule has 1 fully saturated rings. The fourth-order valence-corrected chi connectivity index (χ4v) is 1.78. The molecule has 2 rings (SSSR count). The molecule has 1 aliphatic carbocycles. The van der Waals surface area contributed by atoms with Crippen LogP contribution in [0.5, 0.6) is 5.75 Å². The van der Waals surface area contributed by atoms with E-state index in [1.165, 1.54) is 12.1 Å². The Balaban J connectivity index is 2.17. The maximum atomic E-state index is 12.0. The average molecular weight is 252 g/mol. The van der Waals surface area contributed by atoms with Crippen LogP contribution in [0.25, 0.3) is 0 Å². The van der Waals surface area contributed by atoms with E-state index in [1.54, 1.807) is 6.07 Å². The Hall–Kier alpha value is -0.940. The first kappa shape index (κ1) is 11.5. The van der Waals surface area contributed by atoms with E-state index in [2.05, 4.69) is 4.74 Å². The van der Waals surface area contributed by atoms with Crippen molar-refractivity contribution in [1.29, 1.82) is 0 Å². The van der Waals surface area contributed by atoms with Gasteiger partial charge in [-0.3, -0.25) is 0 Å². The molecule has 6 heteroatoms. The summed E-state index contributed by atoms with van der Waals surface area (Å²) in [6.45, 7) is 0. The molecule has 0 aliphatic heterocycles. The highest BCUT2D eigenvalue weighted by Gasteiger charge is 2.36. The highest BCUT2D eigenvalue weighted by Crippen LogP contribution is 2.41. The van der Waals surface area contributed by atoms with Gasteiger partial charge in [0.25, 0.3) is 0 Å². The predicted octanol–water partition coefficient (Wildman–Crippen LogP) is 3.05. The van der Waals surface area contributed by atoms with Gasteiger partial charge in [-0.15, -0.1) is 13.2 Å². The van der Waals surface area contributed by atoms with Gasteiger partial charge in [0.05, 0.1) is 5.02 Å². The lowest BCUT2D eigenvalue weighted by molar-refractivity contribution is -0.274. The molecule has 0 spiro atoms. The number of nitrogens with two attached hydrogens (primary N) is 1. The zero-order valence-electron chi connectivity index (χ0n) is 8.09. The van der Waals surface area contributed by atoms with Crippen LogP contribution < -0.4 is 10.5 Å². The van der Waals surface area contributed by atoms with E-state index in [0.717, 1.165) is 12.0 Å². The fourth-order valence-electron chi connectivity index (χ4n) is 1.55. The third-order valence-corrected chi connectivity index (χ3v) is 2.74. The first-order valence-electron chi connectivity index (χ1n) is 4.67. The second-order valence-electron chi connectivity index (χ2n) is 3.74. The van der Waals surface area contributed by atoms with Crippen molar-refractivity contribution in [2.75, 3.05) is 0 Å². The first-order chi connectivity index (χ1) is 7.37. The van der Waals surface area contributed by atoms with E-state index in [9.17, 15) is 13.2 Å². The molecule has 0 aromatic heterocycles. The van der Waals surface area contributed by atoms with Crippen LogP contribution in [-0.4, -0.2) is 12.4 Å². The number of hydrogen-bond acceptors (Lipinski definition) is 2. The maximum absolute atomic E-state index is 12.0. The van der Waals surface area contributed by atoms with Gasteiger partial charge in [-0.05, 0) is 24.1 Å². The second-order valence-corrected chi connectivity index (χ2v) is 4.15. The fraction of sp³-hybridized carbons (Fsp3) is 0.400. The Morgan fingerprint density at radius 1 is 1.38 bits per heavy atom. The van der Waals surface area contributed by atoms with Crippen LogP contribution in [0, 0.1) is 0 Å². The number of alkyl halides is 3. The minimum atomic E-state index is -4.72. The molecule has 0 radical (unpaired) electrons. The van der Waals surface area contributed by atoms with Gasteiger partial charge < -0.3 is 10.5 Å². The maximum Gasteiger partial charge on any atom is 0.573 e. The zero-order chi connectivity index (χ0) is 11.9. The lowest BCUT2D eigenvalue weighted by atomic mass is 10.1. The summed E-state index contributed by atoms with van der Waals surface area (Å²) in [4.78, 5) is 0. The summed E-state index contributed by atoms with van der Waals surface area (Å²) in [5.41, 5.74) is 6.49. The third kappa shape index (κ3) is 2.59. The topological polar surface area (TPSA) is 35.2 Å². The second kappa shape index (κ2) is 3.82. The van der Waals surface area contributed by atoms with Gasteiger partial charge in [-0.25, -0.2) is 0 Å². The van der Waals surface area contributed by atoms with Crippen molar-refractivity contribution >= 4 is 11.6 Å². The molecule has 1 aliphatic rings. The predicted molar refractivity (Wildman–Crippen MR) is 53.5 cm³/mol. The first-order valence-corrected chi connectivity index (χ1v) is 5.05. The highest BCUT2D eigenvalue weighted by molar-refractivity contribution is 6.32. The lowest BCUT2D eigenvalue weighted by Crippen LogP contribution is -2.17. The van der Waals surface area contributed by atoms with Crippen molar-refractivity contribution in [3.63, 3.8) is 0 Å². The van der Waals surface area contributed by atoms with E-state index in [-0.39, 0.29) is 22.7 Å². The molecule has 0 heterocycles. The quantitative estimate of drug-likeness (QED) is 0.877. The molecule has 0 amide bonds. The Morgan fingerprint density at radius 2 is 2.00 bits per heavy atom. The van der Waals surface area contributed by atoms with Crippen LogP contribution >= 0.6 is 11.6 Å². The number of halogens is 4. The molecular weight excluding hydrogens is 243 g/mol. The third-order valence-electron chi connectivity index (χ3n) is 2.45. The van der Waals surface area contributed by atoms with Crippen molar-refractivity contribution < 1.29 is 17.9 Å². The number of rotatable bonds is 2. The SMILES string of the molecule is NC1CC1c1ccc(OC(F)(F)F)c(Cl)c1. The zero-order valence-corrected chi connectivity index (χ0v) is 8.85. The van der Waals surface area contributed by atoms with Crippen molar-refractivity contribution in [2.45, 2.75) is 24.7 Å². The molecule has 2 unspecified atom stereocenters. The average Bonchev–Trinajstić information content (AvgIpc) is 2.84. The number of hydrogen-bond donors (Lipinski definition) is 1. The van der Waals surface area contributed by atoms with Gasteiger partial charge in [-0.2, -0.15) is 0 Å². The van der Waals surface area contributed by atoms with Crippen LogP contribution in [-0.2, 0) is 0 Å². The summed E-state index contributed by atoms with van der Waals surface area (Å²) in [7, 11) is 0. The molecule has 1 aromatic carbocycles. The standard InChI is InChI=1S/C10H9ClF3NO/c11-7-3-5(6-4-8(6)15)1-2-9(7)16-10(12,13)14/h1-3,6,8H,4,15H2. The highest BCUT2D eigenvalue weighted by atomic mass is 35.5. The molecule has 0 saturated heterocycles. The van der Waals surface area contributed by atoms with Gasteiger partial charge >= 0.3 is 6.36 Å². The van der Waals surface area contributed by atoms with Gasteiger partial charge in [0.2, 0.25) is 0 Å². The molecule has 2 nitrogen and oxygen atoms in total. The van der Waals surface area contributed by atoms with Crippen molar-refractivity contribution in [3.8, 4) is 5.75 Å². The molecule has 0 bridgehead atoms. The van der Waals surface area contributed by atoms with Crippen LogP contribution in [0.3, 0.4) is 0 Å². The number of benzene rings is 1. The van der Waals surface area contributed by atoms with Crippen LogP contribution in [0.15, 0.2) is 18.2 Å². The Bertz CT molecular complexity index is 408. The minimum Gasteiger partial charge on any atom is -0.404 e. The smallest absolute Gasteiger partial charge is 0.404 e. The van der Waals surface area contributed by atoms with E-state index in [0.29, 0.717) is 0 Å². The molecule has 16 heavy (non-hydrogen) atoms. The van der Waals surface area contributed by atoms with Gasteiger partial charge in [0.15, 0.2) is 0 Å². The monoisotopic (exact) mass is 251 g/mol. The van der Waals surface area contributed by atoms with Gasteiger partial charge in [0.1, 0.15) is 5.75 Å². The minimum absolute atomic E-state index is 0.0473. The molecule has 88 valence electrons. The van der Waals surface area contributed by atoms with Crippen LogP contribution in [0.2, 0.25) is 5.02 Å². The van der Waals surface area contributed by atoms with Gasteiger partial charge in [-0.1, -0.05) is 17.7 Å². The lowest BCUT2D eigenvalue weighted by Gasteiger charge is -2.11. The van der Waals surface area contributed by atoms with Crippen molar-refractivity contribution in [2.24, 2.45) is 5.73 Å². The molecule has 2 atom stereocenters. The van der Waals surface area contributed by atoms with Gasteiger partial charge in [0, 0.05) is 12.0 Å². The Morgan fingerprint density at radius 3 is 2.44 bits per heavy atom. The summed E-state index contributed by atoms with van der Waals surface area (Å²) in [5, 5.41) is -0.0473. The largest absolute Gasteiger partial charge is 0.573 e. The van der Waals surface area contributed by atoms with E-state index in [1.807, 2.05) is 0 Å². The van der Waals surface area contributed by atoms with E-state index >= 15 is 0 Å². The van der Waals surface area contributed by atoms with Crippen molar-refractivity contribution in [1.82, 2.24) is 0 Å². The van der Waals surface area contributed by atoms with E-state index in [4.69, 9.17) is 17.3 Å². The Labute approximate surface area is 95.1 Å². The molecular formula is C10H9ClF3NO. The molecule has 1 saturated carbocycles. The summed E-state index contributed by atoms with van der Waals surface area (Å²) < 4.78 is 39.6. The van der Waals surface area contributed by atoms with Crippen LogP contribution in [0.1, 0.15) is 17.9 Å². The summed E-state index contributed by atoms with van der Waals surface area (Å²) >= 11 is 5.69. The summed E-state index contributed by atoms with van der Waals surface area (Å²) in [5.74, 6) is -0.176. The molecule has 1 aromatic rings.